The molecule has 0 aliphatic carbocycles. The number of nitrogens with zero attached hydrogens (tertiary/aromatic N) is 6. The van der Waals surface area contributed by atoms with Crippen LogP contribution in [0, 0.1) is 0 Å². The van der Waals surface area contributed by atoms with Crippen LogP contribution in [-0.4, -0.2) is 28.7 Å². The summed E-state index contributed by atoms with van der Waals surface area (Å²) in [5.74, 6) is 1.17. The van der Waals surface area contributed by atoms with E-state index in [0.29, 0.717) is 11.6 Å². The monoisotopic (exact) mass is 804 g/mol. The molecule has 0 saturated carbocycles. The molecule has 0 N–H and O–H groups in total. The number of para-hydroxylation sites is 5. The van der Waals surface area contributed by atoms with Crippen molar-refractivity contribution >= 4 is 60.3 Å². The van der Waals surface area contributed by atoms with Gasteiger partial charge in [-0.1, -0.05) is 146 Å². The Labute approximate surface area is 362 Å². The van der Waals surface area contributed by atoms with Gasteiger partial charge in [0.05, 0.1) is 39.0 Å². The Kier molecular flexibility index (Phi) is 7.80. The zero-order chi connectivity index (χ0) is 41.4. The van der Waals surface area contributed by atoms with Crippen molar-refractivity contribution in [3.05, 3.63) is 218 Å². The number of hydrogen-bond acceptors (Lipinski definition) is 3. The van der Waals surface area contributed by atoms with E-state index in [2.05, 4.69) is 221 Å². The Morgan fingerprint density at radius 1 is 0.317 bits per heavy atom. The molecule has 0 fully saturated rings. The van der Waals surface area contributed by atoms with Gasteiger partial charge in [0.25, 0.3) is 5.78 Å². The van der Waals surface area contributed by atoms with Gasteiger partial charge in [-0.3, -0.25) is 0 Å². The lowest BCUT2D eigenvalue weighted by Gasteiger charge is -2.12. The largest absolute Gasteiger partial charge is 0.309 e. The first-order chi connectivity index (χ1) is 31.2. The van der Waals surface area contributed by atoms with E-state index in [1.54, 1.807) is 0 Å². The molecular weight excluding hydrogens is 769 g/mol. The lowest BCUT2D eigenvalue weighted by Crippen LogP contribution is -1.98. The van der Waals surface area contributed by atoms with Gasteiger partial charge in [-0.25, -0.2) is 4.98 Å². The first kappa shape index (κ1) is 35.2. The van der Waals surface area contributed by atoms with E-state index in [9.17, 15) is 0 Å². The number of fused-ring (bicyclic) bond motifs is 9. The Morgan fingerprint density at radius 3 is 1.57 bits per heavy atom. The lowest BCUT2D eigenvalue weighted by atomic mass is 10.00. The summed E-state index contributed by atoms with van der Waals surface area (Å²) in [4.78, 5) is 10.4. The average Bonchev–Trinajstić information content (AvgIpc) is 4.04. The van der Waals surface area contributed by atoms with Crippen molar-refractivity contribution in [1.82, 2.24) is 28.7 Å². The molecule has 0 atom stereocenters. The minimum absolute atomic E-state index is 0.550. The second kappa shape index (κ2) is 14.0. The van der Waals surface area contributed by atoms with Crippen LogP contribution in [0.5, 0.6) is 0 Å². The van der Waals surface area contributed by atoms with Gasteiger partial charge in [-0.05, 0) is 95.1 Å². The molecule has 4 heterocycles. The summed E-state index contributed by atoms with van der Waals surface area (Å²) in [7, 11) is 0. The van der Waals surface area contributed by atoms with Gasteiger partial charge in [0, 0.05) is 43.7 Å². The lowest BCUT2D eigenvalue weighted by molar-refractivity contribution is 0.987. The van der Waals surface area contributed by atoms with Gasteiger partial charge in [0.2, 0.25) is 0 Å². The van der Waals surface area contributed by atoms with E-state index in [1.165, 1.54) is 43.7 Å². The normalized spacial score (nSPS) is 11.8. The second-order valence-corrected chi connectivity index (χ2v) is 16.1. The second-order valence-electron chi connectivity index (χ2n) is 16.1. The molecule has 6 heteroatoms. The summed E-state index contributed by atoms with van der Waals surface area (Å²) in [6.07, 6.45) is 0. The number of rotatable bonds is 6. The van der Waals surface area contributed by atoms with Crippen molar-refractivity contribution < 1.29 is 0 Å². The summed E-state index contributed by atoms with van der Waals surface area (Å²) >= 11 is 0. The summed E-state index contributed by atoms with van der Waals surface area (Å²) in [6, 6.07) is 77.6. The summed E-state index contributed by atoms with van der Waals surface area (Å²) in [6.45, 7) is 0. The van der Waals surface area contributed by atoms with Crippen LogP contribution in [0.25, 0.3) is 117 Å². The van der Waals surface area contributed by atoms with Crippen LogP contribution in [-0.2, 0) is 0 Å². The SMILES string of the molecule is c1ccc(-c2cccc(-c3nc4nc(-c5ccccc5-n5c6ccccc6c6cc(-c7ccc8c(c7)c7ccccc7n8-c7ccccc7)ccc65)nn4c4ccccc34)c2)cc1. The van der Waals surface area contributed by atoms with E-state index in [-0.39, 0.29) is 0 Å². The van der Waals surface area contributed by atoms with Gasteiger partial charge in [0.1, 0.15) is 0 Å². The van der Waals surface area contributed by atoms with Gasteiger partial charge < -0.3 is 9.13 Å². The maximum Gasteiger partial charge on any atom is 0.253 e. The Balaban J connectivity index is 0.952. The van der Waals surface area contributed by atoms with Gasteiger partial charge in [-0.2, -0.15) is 9.50 Å². The molecule has 0 radical (unpaired) electrons. The molecule has 294 valence electrons. The minimum Gasteiger partial charge on any atom is -0.309 e. The molecule has 0 aliphatic heterocycles. The predicted molar refractivity (Wildman–Crippen MR) is 259 cm³/mol. The maximum atomic E-state index is 5.22. The molecule has 0 amide bonds. The standard InChI is InChI=1S/C57H36N6/c1-3-16-37(17-4-1)38-18-15-19-41(34-38)55-45-24-9-14-29-54(45)63-57(58-55)59-56(60-63)46-25-10-13-28-51(46)62-50-27-12-8-23-44(50)48-36-40(31-33-53(48)62)39-30-32-52-47(35-39)43-22-7-11-26-49(43)61(52)42-20-5-2-6-21-42/h1-36H. The van der Waals surface area contributed by atoms with E-state index in [4.69, 9.17) is 15.1 Å². The van der Waals surface area contributed by atoms with Crippen molar-refractivity contribution in [2.24, 2.45) is 0 Å². The smallest absolute Gasteiger partial charge is 0.253 e. The molecule has 13 aromatic rings. The molecule has 0 aliphatic rings. The molecule has 13 rings (SSSR count). The predicted octanol–water partition coefficient (Wildman–Crippen LogP) is 14.1. The zero-order valence-electron chi connectivity index (χ0n) is 34.0. The van der Waals surface area contributed by atoms with Crippen LogP contribution < -0.4 is 0 Å². The Morgan fingerprint density at radius 2 is 0.841 bits per heavy atom. The summed E-state index contributed by atoms with van der Waals surface area (Å²) in [5, 5.41) is 11.0. The number of aromatic nitrogens is 6. The van der Waals surface area contributed by atoms with Crippen molar-refractivity contribution in [3.63, 3.8) is 0 Å². The minimum atomic E-state index is 0.550. The van der Waals surface area contributed by atoms with Crippen molar-refractivity contribution in [3.8, 4) is 56.3 Å². The third kappa shape index (κ3) is 5.55. The highest BCUT2D eigenvalue weighted by molar-refractivity contribution is 6.13. The molecule has 4 aromatic heterocycles. The van der Waals surface area contributed by atoms with Crippen molar-refractivity contribution in [2.45, 2.75) is 0 Å². The highest BCUT2D eigenvalue weighted by Crippen LogP contribution is 2.40. The van der Waals surface area contributed by atoms with Gasteiger partial charge in [0.15, 0.2) is 5.82 Å². The number of hydrogen-bond donors (Lipinski definition) is 0. The van der Waals surface area contributed by atoms with Crippen LogP contribution in [0.15, 0.2) is 218 Å². The average molecular weight is 805 g/mol. The fraction of sp³-hybridized carbons (Fsp3) is 0. The van der Waals surface area contributed by atoms with Crippen LogP contribution in [0.2, 0.25) is 0 Å². The quantitative estimate of drug-likeness (QED) is 0.168. The van der Waals surface area contributed by atoms with E-state index in [1.807, 2.05) is 10.6 Å². The Bertz CT molecular complexity index is 3910. The zero-order valence-corrected chi connectivity index (χ0v) is 34.0. The topological polar surface area (TPSA) is 52.9 Å². The van der Waals surface area contributed by atoms with Crippen molar-refractivity contribution in [2.75, 3.05) is 0 Å². The molecular formula is C57H36N6. The highest BCUT2D eigenvalue weighted by atomic mass is 15.3. The molecule has 0 spiro atoms. The molecule has 63 heavy (non-hydrogen) atoms. The first-order valence-corrected chi connectivity index (χ1v) is 21.3. The van der Waals surface area contributed by atoms with E-state index < -0.39 is 0 Å². The first-order valence-electron chi connectivity index (χ1n) is 21.3. The van der Waals surface area contributed by atoms with E-state index >= 15 is 0 Å². The molecule has 0 bridgehead atoms. The van der Waals surface area contributed by atoms with Crippen LogP contribution in [0.3, 0.4) is 0 Å². The Hall–Kier alpha value is -8.61. The van der Waals surface area contributed by atoms with E-state index in [0.717, 1.165) is 61.3 Å². The maximum absolute atomic E-state index is 5.22. The third-order valence-corrected chi connectivity index (χ3v) is 12.5. The summed E-state index contributed by atoms with van der Waals surface area (Å²) < 4.78 is 6.61. The molecule has 0 unspecified atom stereocenters. The van der Waals surface area contributed by atoms with Crippen molar-refractivity contribution in [1.29, 1.82) is 0 Å². The van der Waals surface area contributed by atoms with Crippen LogP contribution in [0.4, 0.5) is 0 Å². The molecule has 6 nitrogen and oxygen atoms in total. The van der Waals surface area contributed by atoms with Crippen LogP contribution >= 0.6 is 0 Å². The fourth-order valence-corrected chi connectivity index (χ4v) is 9.64. The fourth-order valence-electron chi connectivity index (χ4n) is 9.64. The highest BCUT2D eigenvalue weighted by Gasteiger charge is 2.21. The molecule has 9 aromatic carbocycles. The van der Waals surface area contributed by atoms with Crippen LogP contribution in [0.1, 0.15) is 0 Å². The third-order valence-electron chi connectivity index (χ3n) is 12.5. The molecule has 0 saturated heterocycles. The van der Waals surface area contributed by atoms with Gasteiger partial charge >= 0.3 is 0 Å². The number of benzene rings is 9. The van der Waals surface area contributed by atoms with Gasteiger partial charge in [-0.15, -0.1) is 5.10 Å². The summed E-state index contributed by atoms with van der Waals surface area (Å²) in [5.41, 5.74) is 15.2.